The van der Waals surface area contributed by atoms with E-state index in [4.69, 9.17) is 0 Å². The summed E-state index contributed by atoms with van der Waals surface area (Å²) in [5.41, 5.74) is 0.150. The number of carbonyl (C=O) groups is 1. The Balaban J connectivity index is 2.38. The van der Waals surface area contributed by atoms with Crippen LogP contribution in [-0.4, -0.2) is 35.5 Å². The van der Waals surface area contributed by atoms with Gasteiger partial charge in [-0.2, -0.15) is 0 Å². The average molecular weight is 184 g/mol. The largest absolute Gasteiger partial charge is 0.341 e. The van der Waals surface area contributed by atoms with E-state index >= 15 is 0 Å². The number of amides is 1. The first-order valence-corrected chi connectivity index (χ1v) is 4.92. The molecular weight excluding hydrogens is 164 g/mol. The zero-order chi connectivity index (χ0) is 10.1. The molecule has 0 radical (unpaired) electrons. The summed E-state index contributed by atoms with van der Waals surface area (Å²) in [6.45, 7) is 9.88. The van der Waals surface area contributed by atoms with Crippen LogP contribution in [0.25, 0.3) is 0 Å². The van der Waals surface area contributed by atoms with Gasteiger partial charge in [-0.1, -0.05) is 0 Å². The molecule has 1 fully saturated rings. The van der Waals surface area contributed by atoms with Crippen LogP contribution in [-0.2, 0) is 4.79 Å². The standard InChI is InChI=1S/C10H20N2O/c1-8(13)12-6-5-9(7-12)11-10(2,3)4/h9,11H,5-7H2,1-4H3/t9-/m0/s1. The lowest BCUT2D eigenvalue weighted by atomic mass is 10.1. The Morgan fingerprint density at radius 2 is 2.08 bits per heavy atom. The molecule has 1 aliphatic heterocycles. The summed E-state index contributed by atoms with van der Waals surface area (Å²) in [6, 6.07) is 0.476. The summed E-state index contributed by atoms with van der Waals surface area (Å²) >= 11 is 0. The molecular formula is C10H20N2O. The molecule has 0 aliphatic carbocycles. The fourth-order valence-corrected chi connectivity index (χ4v) is 1.78. The fourth-order valence-electron chi connectivity index (χ4n) is 1.78. The zero-order valence-corrected chi connectivity index (χ0v) is 9.05. The van der Waals surface area contributed by atoms with E-state index in [0.29, 0.717) is 6.04 Å². The van der Waals surface area contributed by atoms with Crippen molar-refractivity contribution >= 4 is 5.91 Å². The molecule has 1 heterocycles. The van der Waals surface area contributed by atoms with Crippen molar-refractivity contribution in [2.45, 2.75) is 45.7 Å². The number of rotatable bonds is 1. The molecule has 0 bridgehead atoms. The molecule has 0 aromatic heterocycles. The van der Waals surface area contributed by atoms with E-state index in [2.05, 4.69) is 26.1 Å². The van der Waals surface area contributed by atoms with Gasteiger partial charge >= 0.3 is 0 Å². The zero-order valence-electron chi connectivity index (χ0n) is 9.05. The SMILES string of the molecule is CC(=O)N1CC[C@H](NC(C)(C)C)C1. The highest BCUT2D eigenvalue weighted by Gasteiger charge is 2.26. The van der Waals surface area contributed by atoms with Crippen LogP contribution in [0.2, 0.25) is 0 Å². The highest BCUT2D eigenvalue weighted by molar-refractivity contribution is 5.73. The smallest absolute Gasteiger partial charge is 0.219 e. The second-order valence-corrected chi connectivity index (χ2v) is 4.84. The van der Waals surface area contributed by atoms with Crippen LogP contribution in [0.4, 0.5) is 0 Å². The maximum absolute atomic E-state index is 11.1. The Morgan fingerprint density at radius 3 is 2.46 bits per heavy atom. The topological polar surface area (TPSA) is 32.3 Å². The van der Waals surface area contributed by atoms with Gasteiger partial charge in [-0.25, -0.2) is 0 Å². The van der Waals surface area contributed by atoms with Gasteiger partial charge in [-0.15, -0.1) is 0 Å². The van der Waals surface area contributed by atoms with Crippen molar-refractivity contribution in [2.75, 3.05) is 13.1 Å². The summed E-state index contributed by atoms with van der Waals surface area (Å²) in [5, 5.41) is 3.51. The van der Waals surface area contributed by atoms with Gasteiger partial charge in [0.2, 0.25) is 5.91 Å². The molecule has 0 unspecified atom stereocenters. The Hall–Kier alpha value is -0.570. The van der Waals surface area contributed by atoms with E-state index in [1.54, 1.807) is 6.92 Å². The molecule has 0 spiro atoms. The van der Waals surface area contributed by atoms with Crippen molar-refractivity contribution < 1.29 is 4.79 Å². The van der Waals surface area contributed by atoms with Gasteiger partial charge in [0.25, 0.3) is 0 Å². The number of nitrogens with one attached hydrogen (secondary N) is 1. The maximum atomic E-state index is 11.1. The highest BCUT2D eigenvalue weighted by atomic mass is 16.2. The Bertz CT molecular complexity index is 196. The molecule has 1 aliphatic rings. The van der Waals surface area contributed by atoms with E-state index in [9.17, 15) is 4.79 Å². The third kappa shape index (κ3) is 3.35. The van der Waals surface area contributed by atoms with Crippen LogP contribution >= 0.6 is 0 Å². The van der Waals surface area contributed by atoms with Crippen molar-refractivity contribution in [1.29, 1.82) is 0 Å². The van der Waals surface area contributed by atoms with Crippen LogP contribution < -0.4 is 5.32 Å². The molecule has 0 aromatic carbocycles. The van der Waals surface area contributed by atoms with Gasteiger partial charge in [-0.05, 0) is 27.2 Å². The maximum Gasteiger partial charge on any atom is 0.219 e. The van der Waals surface area contributed by atoms with E-state index in [-0.39, 0.29) is 11.4 Å². The minimum Gasteiger partial charge on any atom is -0.341 e. The first kappa shape index (κ1) is 10.5. The highest BCUT2D eigenvalue weighted by Crippen LogP contribution is 2.12. The molecule has 1 rings (SSSR count). The Kier molecular flexibility index (Phi) is 2.96. The van der Waals surface area contributed by atoms with Gasteiger partial charge in [0.15, 0.2) is 0 Å². The van der Waals surface area contributed by atoms with E-state index in [1.165, 1.54) is 0 Å². The molecule has 1 N–H and O–H groups in total. The molecule has 0 saturated carbocycles. The van der Waals surface area contributed by atoms with Gasteiger partial charge in [0.05, 0.1) is 0 Å². The van der Waals surface area contributed by atoms with Crippen molar-refractivity contribution in [3.8, 4) is 0 Å². The lowest BCUT2D eigenvalue weighted by Gasteiger charge is -2.25. The molecule has 1 saturated heterocycles. The molecule has 3 nitrogen and oxygen atoms in total. The minimum atomic E-state index is 0.150. The molecule has 0 aromatic rings. The minimum absolute atomic E-state index is 0.150. The summed E-state index contributed by atoms with van der Waals surface area (Å²) in [4.78, 5) is 13.0. The van der Waals surface area contributed by atoms with E-state index in [1.807, 2.05) is 4.90 Å². The second-order valence-electron chi connectivity index (χ2n) is 4.84. The number of carbonyl (C=O) groups excluding carboxylic acids is 1. The quantitative estimate of drug-likeness (QED) is 0.659. The number of hydrogen-bond donors (Lipinski definition) is 1. The normalized spacial score (nSPS) is 23.7. The second kappa shape index (κ2) is 3.66. The number of nitrogens with zero attached hydrogens (tertiary/aromatic N) is 1. The fraction of sp³-hybridized carbons (Fsp3) is 0.900. The molecule has 1 atom stereocenters. The first-order chi connectivity index (χ1) is 5.88. The summed E-state index contributed by atoms with van der Waals surface area (Å²) in [7, 11) is 0. The lowest BCUT2D eigenvalue weighted by molar-refractivity contribution is -0.127. The molecule has 76 valence electrons. The van der Waals surface area contributed by atoms with Gasteiger partial charge in [0, 0.05) is 31.6 Å². The molecule has 13 heavy (non-hydrogen) atoms. The Morgan fingerprint density at radius 1 is 1.46 bits per heavy atom. The third-order valence-corrected chi connectivity index (χ3v) is 2.27. The van der Waals surface area contributed by atoms with Crippen LogP contribution in [0.3, 0.4) is 0 Å². The van der Waals surface area contributed by atoms with Gasteiger partial charge in [-0.3, -0.25) is 4.79 Å². The summed E-state index contributed by atoms with van der Waals surface area (Å²) < 4.78 is 0. The predicted molar refractivity (Wildman–Crippen MR) is 53.5 cm³/mol. The molecule has 3 heteroatoms. The number of hydrogen-bond acceptors (Lipinski definition) is 2. The summed E-state index contributed by atoms with van der Waals surface area (Å²) in [6.07, 6.45) is 1.08. The van der Waals surface area contributed by atoms with Crippen molar-refractivity contribution in [3.05, 3.63) is 0 Å². The molecule has 1 amide bonds. The van der Waals surface area contributed by atoms with Crippen LogP contribution in [0.1, 0.15) is 34.1 Å². The lowest BCUT2D eigenvalue weighted by Crippen LogP contribution is -2.45. The van der Waals surface area contributed by atoms with Crippen molar-refractivity contribution in [3.63, 3.8) is 0 Å². The Labute approximate surface area is 80.5 Å². The van der Waals surface area contributed by atoms with Crippen LogP contribution in [0, 0.1) is 0 Å². The van der Waals surface area contributed by atoms with Gasteiger partial charge < -0.3 is 10.2 Å². The third-order valence-electron chi connectivity index (χ3n) is 2.27. The average Bonchev–Trinajstić information content (AvgIpc) is 2.31. The van der Waals surface area contributed by atoms with Crippen molar-refractivity contribution in [2.24, 2.45) is 0 Å². The van der Waals surface area contributed by atoms with Gasteiger partial charge in [0.1, 0.15) is 0 Å². The monoisotopic (exact) mass is 184 g/mol. The van der Waals surface area contributed by atoms with E-state index < -0.39 is 0 Å². The van der Waals surface area contributed by atoms with E-state index in [0.717, 1.165) is 19.5 Å². The van der Waals surface area contributed by atoms with Crippen LogP contribution in [0.5, 0.6) is 0 Å². The predicted octanol–water partition coefficient (Wildman–Crippen LogP) is 0.995. The first-order valence-electron chi connectivity index (χ1n) is 4.92. The summed E-state index contributed by atoms with van der Waals surface area (Å²) in [5.74, 6) is 0.193. The van der Waals surface area contributed by atoms with Crippen molar-refractivity contribution in [1.82, 2.24) is 10.2 Å². The number of likely N-dealkylation sites (tertiary alicyclic amines) is 1. The van der Waals surface area contributed by atoms with Crippen LogP contribution in [0.15, 0.2) is 0 Å².